The molecular weight excluding hydrogens is 409 g/mol. The minimum absolute atomic E-state index is 0.0230. The predicted octanol–water partition coefficient (Wildman–Crippen LogP) is 4.30. The molecule has 108 valence electrons. The van der Waals surface area contributed by atoms with Crippen LogP contribution in [0.2, 0.25) is 0 Å². The van der Waals surface area contributed by atoms with Crippen molar-refractivity contribution in [3.8, 4) is 0 Å². The second-order valence-electron chi connectivity index (χ2n) is 4.08. The second kappa shape index (κ2) is 6.36. The maximum Gasteiger partial charge on any atom is 0.336 e. The van der Waals surface area contributed by atoms with Gasteiger partial charge in [-0.2, -0.15) is 0 Å². The Kier molecular flexibility index (Phi) is 4.74. The minimum atomic E-state index is -1.12. The molecule has 21 heavy (non-hydrogen) atoms. The fourth-order valence-corrected chi connectivity index (χ4v) is 2.27. The highest BCUT2D eigenvalue weighted by Crippen LogP contribution is 2.22. The number of benzene rings is 2. The quantitative estimate of drug-likeness (QED) is 0.783. The molecule has 2 rings (SSSR count). The second-order valence-corrected chi connectivity index (χ2v) is 5.79. The SMILES string of the molecule is O=C(Nc1ccc(Br)c(C(=O)O)c1)c1ccc(Br)c(F)c1. The fourth-order valence-electron chi connectivity index (χ4n) is 1.61. The Morgan fingerprint density at radius 1 is 1.05 bits per heavy atom. The first-order chi connectivity index (χ1) is 9.88. The number of rotatable bonds is 3. The number of hydrogen-bond acceptors (Lipinski definition) is 2. The molecule has 0 heterocycles. The first-order valence-corrected chi connectivity index (χ1v) is 7.26. The third kappa shape index (κ3) is 3.68. The summed E-state index contributed by atoms with van der Waals surface area (Å²) < 4.78 is 14.1. The van der Waals surface area contributed by atoms with Gasteiger partial charge in [0.25, 0.3) is 5.91 Å². The van der Waals surface area contributed by atoms with Crippen molar-refractivity contribution in [2.75, 3.05) is 5.32 Å². The largest absolute Gasteiger partial charge is 0.478 e. The van der Waals surface area contributed by atoms with Gasteiger partial charge in [-0.1, -0.05) is 0 Å². The van der Waals surface area contributed by atoms with E-state index in [1.54, 1.807) is 6.07 Å². The Hall–Kier alpha value is -1.73. The van der Waals surface area contributed by atoms with Gasteiger partial charge in [0.1, 0.15) is 5.82 Å². The molecule has 4 nitrogen and oxygen atoms in total. The van der Waals surface area contributed by atoms with Gasteiger partial charge in [0, 0.05) is 15.7 Å². The maximum atomic E-state index is 13.4. The van der Waals surface area contributed by atoms with Crippen molar-refractivity contribution in [2.24, 2.45) is 0 Å². The highest BCUT2D eigenvalue weighted by molar-refractivity contribution is 9.10. The van der Waals surface area contributed by atoms with Gasteiger partial charge in [-0.25, -0.2) is 9.18 Å². The van der Waals surface area contributed by atoms with Crippen LogP contribution in [0.15, 0.2) is 45.3 Å². The Balaban J connectivity index is 2.25. The average Bonchev–Trinajstić information content (AvgIpc) is 2.43. The van der Waals surface area contributed by atoms with Crippen LogP contribution >= 0.6 is 31.9 Å². The summed E-state index contributed by atoms with van der Waals surface area (Å²) in [5, 5.41) is 11.5. The number of carbonyl (C=O) groups is 2. The summed E-state index contributed by atoms with van der Waals surface area (Å²) in [4.78, 5) is 23.0. The molecule has 0 saturated carbocycles. The first kappa shape index (κ1) is 15.7. The molecule has 0 aliphatic heterocycles. The minimum Gasteiger partial charge on any atom is -0.478 e. The molecule has 2 N–H and O–H groups in total. The molecule has 0 fully saturated rings. The molecule has 0 spiro atoms. The number of carboxylic acids is 1. The normalized spacial score (nSPS) is 10.2. The third-order valence-electron chi connectivity index (χ3n) is 2.64. The molecule has 0 saturated heterocycles. The van der Waals surface area contributed by atoms with Crippen LogP contribution < -0.4 is 5.32 Å². The number of aromatic carboxylic acids is 1. The maximum absolute atomic E-state index is 13.4. The molecule has 1 amide bonds. The molecule has 0 radical (unpaired) electrons. The number of carbonyl (C=O) groups excluding carboxylic acids is 1. The molecule has 0 aliphatic rings. The number of halogens is 3. The van der Waals surface area contributed by atoms with E-state index in [-0.39, 0.29) is 15.6 Å². The van der Waals surface area contributed by atoms with Crippen molar-refractivity contribution in [1.29, 1.82) is 0 Å². The van der Waals surface area contributed by atoms with Crippen LogP contribution in [0.3, 0.4) is 0 Å². The molecule has 0 bridgehead atoms. The third-order valence-corrected chi connectivity index (χ3v) is 3.97. The van der Waals surface area contributed by atoms with Crippen molar-refractivity contribution in [2.45, 2.75) is 0 Å². The number of anilines is 1. The van der Waals surface area contributed by atoms with Crippen LogP contribution in [-0.2, 0) is 0 Å². The summed E-state index contributed by atoms with van der Waals surface area (Å²) in [7, 11) is 0. The lowest BCUT2D eigenvalue weighted by atomic mass is 10.1. The van der Waals surface area contributed by atoms with Crippen LogP contribution in [0.5, 0.6) is 0 Å². The van der Waals surface area contributed by atoms with E-state index in [2.05, 4.69) is 37.2 Å². The van der Waals surface area contributed by atoms with Crippen LogP contribution in [0.1, 0.15) is 20.7 Å². The highest BCUT2D eigenvalue weighted by Gasteiger charge is 2.12. The topological polar surface area (TPSA) is 66.4 Å². The Morgan fingerprint density at radius 2 is 1.71 bits per heavy atom. The van der Waals surface area contributed by atoms with Crippen LogP contribution in [0.25, 0.3) is 0 Å². The van der Waals surface area contributed by atoms with E-state index in [9.17, 15) is 14.0 Å². The standard InChI is InChI=1S/C14H8Br2FNO3/c15-10-4-2-8(6-9(10)14(20)21)18-13(19)7-1-3-11(16)12(17)5-7/h1-6H,(H,18,19)(H,20,21). The highest BCUT2D eigenvalue weighted by atomic mass is 79.9. The first-order valence-electron chi connectivity index (χ1n) is 5.67. The van der Waals surface area contributed by atoms with E-state index in [0.717, 1.165) is 6.07 Å². The fraction of sp³-hybridized carbons (Fsp3) is 0. The van der Waals surface area contributed by atoms with E-state index in [1.165, 1.54) is 24.3 Å². The Bertz CT molecular complexity index is 734. The lowest BCUT2D eigenvalue weighted by Gasteiger charge is -2.08. The smallest absolute Gasteiger partial charge is 0.336 e. The lowest BCUT2D eigenvalue weighted by Crippen LogP contribution is -2.13. The van der Waals surface area contributed by atoms with Crippen molar-refractivity contribution in [3.63, 3.8) is 0 Å². The van der Waals surface area contributed by atoms with Gasteiger partial charge in [0.15, 0.2) is 0 Å². The monoisotopic (exact) mass is 415 g/mol. The molecule has 7 heteroatoms. The van der Waals surface area contributed by atoms with Gasteiger partial charge in [-0.05, 0) is 68.3 Å². The predicted molar refractivity (Wildman–Crippen MR) is 83.2 cm³/mol. The summed E-state index contributed by atoms with van der Waals surface area (Å²) in [5.41, 5.74) is 0.467. The van der Waals surface area contributed by atoms with Crippen LogP contribution in [-0.4, -0.2) is 17.0 Å². The molecule has 0 atom stereocenters. The van der Waals surface area contributed by atoms with Crippen molar-refractivity contribution >= 4 is 49.4 Å². The summed E-state index contributed by atoms with van der Waals surface area (Å²) in [6.45, 7) is 0. The molecule has 0 aromatic heterocycles. The van der Waals surface area contributed by atoms with Gasteiger partial charge in [-0.3, -0.25) is 4.79 Å². The molecule has 0 aliphatic carbocycles. The molecular formula is C14H8Br2FNO3. The molecule has 2 aromatic rings. The van der Waals surface area contributed by atoms with Crippen molar-refractivity contribution < 1.29 is 19.1 Å². The zero-order valence-electron chi connectivity index (χ0n) is 10.4. The van der Waals surface area contributed by atoms with Gasteiger partial charge in [0.05, 0.1) is 10.0 Å². The summed E-state index contributed by atoms with van der Waals surface area (Å²) in [6.07, 6.45) is 0. The Morgan fingerprint density at radius 3 is 2.33 bits per heavy atom. The summed E-state index contributed by atoms with van der Waals surface area (Å²) in [5.74, 6) is -2.20. The lowest BCUT2D eigenvalue weighted by molar-refractivity contribution is 0.0695. The van der Waals surface area contributed by atoms with E-state index in [4.69, 9.17) is 5.11 Å². The van der Waals surface area contributed by atoms with Crippen LogP contribution in [0, 0.1) is 5.82 Å². The molecule has 0 unspecified atom stereocenters. The van der Waals surface area contributed by atoms with Gasteiger partial charge < -0.3 is 10.4 Å². The van der Waals surface area contributed by atoms with Gasteiger partial charge in [0.2, 0.25) is 0 Å². The average molecular weight is 417 g/mol. The van der Waals surface area contributed by atoms with E-state index in [1.807, 2.05) is 0 Å². The molecule has 2 aromatic carbocycles. The zero-order valence-corrected chi connectivity index (χ0v) is 13.5. The van der Waals surface area contributed by atoms with Crippen LogP contribution in [0.4, 0.5) is 10.1 Å². The van der Waals surface area contributed by atoms with E-state index < -0.39 is 17.7 Å². The number of carboxylic acid groups (broad SMARTS) is 1. The van der Waals surface area contributed by atoms with Crippen molar-refractivity contribution in [1.82, 2.24) is 0 Å². The van der Waals surface area contributed by atoms with Gasteiger partial charge >= 0.3 is 5.97 Å². The van der Waals surface area contributed by atoms with E-state index >= 15 is 0 Å². The van der Waals surface area contributed by atoms with Crippen molar-refractivity contribution in [3.05, 3.63) is 62.3 Å². The van der Waals surface area contributed by atoms with E-state index in [0.29, 0.717) is 10.2 Å². The number of nitrogens with one attached hydrogen (secondary N) is 1. The summed E-state index contributed by atoms with van der Waals surface area (Å²) in [6, 6.07) is 8.36. The van der Waals surface area contributed by atoms with Gasteiger partial charge in [-0.15, -0.1) is 0 Å². The Labute approximate surface area is 136 Å². The zero-order chi connectivity index (χ0) is 15.6. The number of hydrogen-bond donors (Lipinski definition) is 2. The number of amides is 1. The summed E-state index contributed by atoms with van der Waals surface area (Å²) >= 11 is 6.11.